The van der Waals surface area contributed by atoms with Gasteiger partial charge in [0.1, 0.15) is 12.3 Å². The molecular formula is C22H30F16O. The molecule has 0 saturated heterocycles. The molecule has 17 heteroatoms. The summed E-state index contributed by atoms with van der Waals surface area (Å²) in [5.41, 5.74) is 0. The zero-order valence-corrected chi connectivity index (χ0v) is 20.5. The van der Waals surface area contributed by atoms with E-state index in [9.17, 15) is 70.2 Å². The van der Waals surface area contributed by atoms with Crippen LogP contribution in [0.15, 0.2) is 0 Å². The number of hydrogen-bond donors (Lipinski definition) is 0. The topological polar surface area (TPSA) is 9.23 Å². The maximum Gasteiger partial charge on any atom is 0.424 e. The van der Waals surface area contributed by atoms with Crippen LogP contribution in [0, 0.1) is 0 Å². The normalized spacial score (nSPS) is 16.0. The zero-order chi connectivity index (χ0) is 30.8. The molecular weight excluding hydrogens is 584 g/mol. The highest BCUT2D eigenvalue weighted by molar-refractivity contribution is 4.86. The van der Waals surface area contributed by atoms with Crippen molar-refractivity contribution in [2.24, 2.45) is 0 Å². The predicted molar refractivity (Wildman–Crippen MR) is 107 cm³/mol. The summed E-state index contributed by atoms with van der Waals surface area (Å²) in [7, 11) is 0. The molecule has 0 heterocycles. The summed E-state index contributed by atoms with van der Waals surface area (Å²) < 4.78 is 212. The van der Waals surface area contributed by atoms with E-state index in [1.807, 2.05) is 0 Å². The maximum absolute atomic E-state index is 13.8. The van der Waals surface area contributed by atoms with Crippen LogP contribution in [0.4, 0.5) is 70.2 Å². The van der Waals surface area contributed by atoms with E-state index >= 15 is 0 Å². The summed E-state index contributed by atoms with van der Waals surface area (Å²) >= 11 is 0. The lowest BCUT2D eigenvalue weighted by Crippen LogP contribution is -2.54. The second kappa shape index (κ2) is 15.2. The van der Waals surface area contributed by atoms with Crippen LogP contribution in [0.2, 0.25) is 0 Å². The van der Waals surface area contributed by atoms with E-state index in [-0.39, 0.29) is 51.4 Å². The van der Waals surface area contributed by atoms with Gasteiger partial charge in [0, 0.05) is 12.8 Å². The molecule has 2 unspecified atom stereocenters. The fourth-order valence-electron chi connectivity index (χ4n) is 3.40. The van der Waals surface area contributed by atoms with Crippen LogP contribution in [0.5, 0.6) is 0 Å². The summed E-state index contributed by atoms with van der Waals surface area (Å²) in [6, 6.07) is 0. The van der Waals surface area contributed by atoms with Crippen molar-refractivity contribution in [3.63, 3.8) is 0 Å². The average molecular weight is 614 g/mol. The Balaban J connectivity index is 4.74. The number of alkyl halides is 16. The third-order valence-electron chi connectivity index (χ3n) is 5.52. The lowest BCUT2D eigenvalue weighted by Gasteiger charge is -2.33. The molecule has 0 spiro atoms. The molecule has 39 heavy (non-hydrogen) atoms. The summed E-state index contributed by atoms with van der Waals surface area (Å²) in [6.07, 6.45) is -37.6. The lowest BCUT2D eigenvalue weighted by molar-refractivity contribution is -0.470. The van der Waals surface area contributed by atoms with Gasteiger partial charge in [-0.2, -0.15) is 61.5 Å². The smallest absolute Gasteiger partial charge is 0.247 e. The Morgan fingerprint density at radius 3 is 0.974 bits per heavy atom. The Morgan fingerprint density at radius 1 is 0.410 bits per heavy atom. The highest BCUT2D eigenvalue weighted by Crippen LogP contribution is 2.48. The molecule has 0 saturated carbocycles. The predicted octanol–water partition coefficient (Wildman–Crippen LogP) is 10.7. The second-order valence-corrected chi connectivity index (χ2v) is 9.28. The van der Waals surface area contributed by atoms with Crippen molar-refractivity contribution in [1.82, 2.24) is 0 Å². The van der Waals surface area contributed by atoms with Gasteiger partial charge in [-0.05, 0) is 25.7 Å². The molecule has 2 atom stereocenters. The largest absolute Gasteiger partial charge is 0.424 e. The molecule has 0 amide bonds. The molecule has 0 bridgehead atoms. The molecule has 0 aliphatic carbocycles. The fraction of sp³-hybridized carbons (Fsp3) is 1.00. The van der Waals surface area contributed by atoms with Crippen LogP contribution in [-0.2, 0) is 4.74 Å². The van der Waals surface area contributed by atoms with Crippen LogP contribution in [0.3, 0.4) is 0 Å². The van der Waals surface area contributed by atoms with E-state index in [1.54, 1.807) is 0 Å². The number of halogens is 16. The van der Waals surface area contributed by atoms with Gasteiger partial charge in [0.2, 0.25) is 0 Å². The fourth-order valence-corrected chi connectivity index (χ4v) is 3.40. The van der Waals surface area contributed by atoms with Crippen molar-refractivity contribution in [3.05, 3.63) is 0 Å². The van der Waals surface area contributed by atoms with Gasteiger partial charge in [0.05, 0.1) is 12.8 Å². The summed E-state index contributed by atoms with van der Waals surface area (Å²) in [4.78, 5) is 0. The summed E-state index contributed by atoms with van der Waals surface area (Å²) in [5, 5.41) is 0. The van der Waals surface area contributed by atoms with E-state index < -0.39 is 87.3 Å². The van der Waals surface area contributed by atoms with Crippen LogP contribution < -0.4 is 0 Å². The van der Waals surface area contributed by atoms with Crippen molar-refractivity contribution in [3.8, 4) is 0 Å². The van der Waals surface area contributed by atoms with Crippen molar-refractivity contribution < 1.29 is 75.0 Å². The summed E-state index contributed by atoms with van der Waals surface area (Å²) in [6.45, 7) is 0. The lowest BCUT2D eigenvalue weighted by atomic mass is 10.0. The van der Waals surface area contributed by atoms with E-state index in [0.717, 1.165) is 0 Å². The van der Waals surface area contributed by atoms with Gasteiger partial charge in [-0.1, -0.05) is 38.5 Å². The molecule has 0 N–H and O–H groups in total. The van der Waals surface area contributed by atoms with Gasteiger partial charge in [-0.15, -0.1) is 0 Å². The highest BCUT2D eigenvalue weighted by Gasteiger charge is 2.69. The Labute approximate surface area is 214 Å². The highest BCUT2D eigenvalue weighted by atomic mass is 19.4. The van der Waals surface area contributed by atoms with Crippen LogP contribution in [-0.4, -0.2) is 48.8 Å². The van der Waals surface area contributed by atoms with Crippen molar-refractivity contribution in [1.29, 1.82) is 0 Å². The Bertz CT molecular complexity index is 618. The van der Waals surface area contributed by atoms with Crippen molar-refractivity contribution in [2.75, 3.05) is 0 Å². The first kappa shape index (κ1) is 37.8. The van der Waals surface area contributed by atoms with Crippen LogP contribution >= 0.6 is 0 Å². The summed E-state index contributed by atoms with van der Waals surface area (Å²) in [5.74, 6) is -11.4. The van der Waals surface area contributed by atoms with E-state index in [1.165, 1.54) is 0 Å². The molecule has 0 radical (unpaired) electrons. The first-order chi connectivity index (χ1) is 17.4. The Morgan fingerprint density at radius 2 is 0.692 bits per heavy atom. The van der Waals surface area contributed by atoms with Gasteiger partial charge in [-0.3, -0.25) is 0 Å². The van der Waals surface area contributed by atoms with Gasteiger partial charge in [0.25, 0.3) is 0 Å². The third kappa shape index (κ3) is 16.0. The minimum atomic E-state index is -6.32. The molecule has 0 aromatic heterocycles. The maximum atomic E-state index is 13.8. The van der Waals surface area contributed by atoms with Gasteiger partial charge >= 0.3 is 36.4 Å². The first-order valence-corrected chi connectivity index (χ1v) is 12.0. The molecule has 1 nitrogen and oxygen atoms in total. The van der Waals surface area contributed by atoms with Crippen LogP contribution in [0.1, 0.15) is 89.9 Å². The molecule has 0 aliphatic heterocycles. The van der Waals surface area contributed by atoms with Crippen molar-refractivity contribution in [2.45, 2.75) is 139 Å². The van der Waals surface area contributed by atoms with Crippen molar-refractivity contribution >= 4 is 0 Å². The van der Waals surface area contributed by atoms with Gasteiger partial charge in [-0.25, -0.2) is 13.5 Å². The molecule has 236 valence electrons. The quantitative estimate of drug-likeness (QED) is 0.0980. The molecule has 0 aliphatic rings. The average Bonchev–Trinajstić information content (AvgIpc) is 2.69. The Kier molecular flexibility index (Phi) is 14.7. The monoisotopic (exact) mass is 614 g/mol. The molecule has 0 rings (SSSR count). The third-order valence-corrected chi connectivity index (χ3v) is 5.52. The first-order valence-electron chi connectivity index (χ1n) is 12.0. The van der Waals surface area contributed by atoms with Gasteiger partial charge in [0.15, 0.2) is 0 Å². The van der Waals surface area contributed by atoms with Gasteiger partial charge < -0.3 is 0 Å². The standard InChI is InChI=1S/C22H30F16O/c23-15(9-5-1-3-7-11-19(29,30)31)13-17(25,26)21(35,36)39-22(37,38)18(27,28)14-16(24)10-6-2-4-8-12-20(32,33)34/h15-16H,1-14H2. The van der Waals surface area contributed by atoms with E-state index in [4.69, 9.17) is 0 Å². The second-order valence-electron chi connectivity index (χ2n) is 9.28. The Hall–Kier alpha value is -1.16. The minimum absolute atomic E-state index is 0.0861. The molecule has 0 aromatic carbocycles. The van der Waals surface area contributed by atoms with E-state index in [0.29, 0.717) is 0 Å². The minimum Gasteiger partial charge on any atom is -0.247 e. The SMILES string of the molecule is FC(CCCCCCC(F)(F)F)CC(F)(F)C(F)(F)OC(F)(F)C(F)(F)CC(F)CCCCCCC(F)(F)F. The number of ether oxygens (including phenoxy) is 1. The molecule has 0 aromatic rings. The molecule has 0 fully saturated rings. The number of unbranched alkanes of at least 4 members (excludes halogenated alkanes) is 6. The van der Waals surface area contributed by atoms with Crippen LogP contribution in [0.25, 0.3) is 0 Å². The number of hydrogen-bond acceptors (Lipinski definition) is 1. The zero-order valence-electron chi connectivity index (χ0n) is 20.5. The van der Waals surface area contributed by atoms with E-state index in [2.05, 4.69) is 4.74 Å². The number of rotatable bonds is 20.